The van der Waals surface area contributed by atoms with E-state index in [9.17, 15) is 0 Å². The van der Waals surface area contributed by atoms with Crippen molar-refractivity contribution in [1.82, 2.24) is 5.32 Å². The van der Waals surface area contributed by atoms with E-state index in [0.717, 1.165) is 0 Å². The van der Waals surface area contributed by atoms with Crippen molar-refractivity contribution in [3.8, 4) is 0 Å². The second kappa shape index (κ2) is 6.90. The largest absolute Gasteiger partial charge is 0.320 e. The molecule has 0 spiro atoms. The lowest BCUT2D eigenvalue weighted by atomic mass is 9.68. The summed E-state index contributed by atoms with van der Waals surface area (Å²) < 4.78 is 0. The SMILES string of the molecule is CNCCC1(CCc2cc(C)sc2C)CCCCC1. The molecule has 108 valence electrons. The Labute approximate surface area is 122 Å². The molecule has 1 aliphatic carbocycles. The van der Waals surface area contributed by atoms with Gasteiger partial charge in [0.25, 0.3) is 0 Å². The summed E-state index contributed by atoms with van der Waals surface area (Å²) in [7, 11) is 2.09. The zero-order chi connectivity index (χ0) is 13.7. The van der Waals surface area contributed by atoms with Crippen molar-refractivity contribution in [3.63, 3.8) is 0 Å². The Kier molecular flexibility index (Phi) is 5.47. The summed E-state index contributed by atoms with van der Waals surface area (Å²) in [4.78, 5) is 3.01. The molecule has 0 radical (unpaired) electrons. The Morgan fingerprint density at radius 3 is 2.47 bits per heavy atom. The minimum absolute atomic E-state index is 0.629. The summed E-state index contributed by atoms with van der Waals surface area (Å²) >= 11 is 1.96. The first-order valence-electron chi connectivity index (χ1n) is 7.86. The topological polar surface area (TPSA) is 12.0 Å². The van der Waals surface area contributed by atoms with E-state index in [4.69, 9.17) is 0 Å². The lowest BCUT2D eigenvalue weighted by Crippen LogP contribution is -2.29. The van der Waals surface area contributed by atoms with Crippen molar-refractivity contribution >= 4 is 11.3 Å². The summed E-state index contributed by atoms with van der Waals surface area (Å²) in [6, 6.07) is 2.41. The first kappa shape index (κ1) is 15.1. The molecular formula is C17H29NS. The van der Waals surface area contributed by atoms with Crippen molar-refractivity contribution in [2.75, 3.05) is 13.6 Å². The third kappa shape index (κ3) is 4.06. The molecule has 0 bridgehead atoms. The standard InChI is InChI=1S/C17H29NS/c1-14-13-16(15(2)19-14)7-10-17(11-12-18-3)8-5-4-6-9-17/h13,18H,4-12H2,1-3H3. The van der Waals surface area contributed by atoms with Crippen LogP contribution in [0.5, 0.6) is 0 Å². The van der Waals surface area contributed by atoms with Crippen molar-refractivity contribution < 1.29 is 0 Å². The Balaban J connectivity index is 1.97. The molecule has 19 heavy (non-hydrogen) atoms. The molecule has 0 aromatic carbocycles. The molecule has 0 aliphatic heterocycles. The summed E-state index contributed by atoms with van der Waals surface area (Å²) in [5.41, 5.74) is 2.24. The van der Waals surface area contributed by atoms with Crippen LogP contribution in [0.15, 0.2) is 6.07 Å². The highest BCUT2D eigenvalue weighted by Crippen LogP contribution is 2.43. The fraction of sp³-hybridized carbons (Fsp3) is 0.765. The normalized spacial score (nSPS) is 18.7. The first-order valence-corrected chi connectivity index (χ1v) is 8.67. The van der Waals surface area contributed by atoms with E-state index in [1.807, 2.05) is 11.3 Å². The number of hydrogen-bond acceptors (Lipinski definition) is 2. The van der Waals surface area contributed by atoms with Crippen LogP contribution in [-0.4, -0.2) is 13.6 Å². The highest BCUT2D eigenvalue weighted by molar-refractivity contribution is 7.12. The number of aryl methyl sites for hydroxylation is 3. The lowest BCUT2D eigenvalue weighted by molar-refractivity contribution is 0.157. The van der Waals surface area contributed by atoms with E-state index in [1.165, 1.54) is 67.7 Å². The van der Waals surface area contributed by atoms with E-state index in [2.05, 4.69) is 32.3 Å². The molecule has 2 heteroatoms. The van der Waals surface area contributed by atoms with Gasteiger partial charge >= 0.3 is 0 Å². The number of hydrogen-bond donors (Lipinski definition) is 1. The molecule has 0 saturated heterocycles. The van der Waals surface area contributed by atoms with Gasteiger partial charge in [-0.15, -0.1) is 11.3 Å². The van der Waals surface area contributed by atoms with Gasteiger partial charge in [0.05, 0.1) is 0 Å². The Morgan fingerprint density at radius 1 is 1.16 bits per heavy atom. The van der Waals surface area contributed by atoms with Crippen LogP contribution in [0, 0.1) is 19.3 Å². The Bertz CT molecular complexity index is 388. The molecule has 0 amide bonds. The van der Waals surface area contributed by atoms with Gasteiger partial charge in [0, 0.05) is 9.75 Å². The quantitative estimate of drug-likeness (QED) is 0.784. The summed E-state index contributed by atoms with van der Waals surface area (Å²) in [5.74, 6) is 0. The third-order valence-electron chi connectivity index (χ3n) is 4.89. The average Bonchev–Trinajstić information content (AvgIpc) is 2.74. The van der Waals surface area contributed by atoms with Crippen molar-refractivity contribution in [1.29, 1.82) is 0 Å². The minimum Gasteiger partial charge on any atom is -0.320 e. The van der Waals surface area contributed by atoms with Gasteiger partial charge in [0.2, 0.25) is 0 Å². The molecule has 1 N–H and O–H groups in total. The molecule has 1 saturated carbocycles. The molecule has 1 fully saturated rings. The Hall–Kier alpha value is -0.340. The molecule has 2 rings (SSSR count). The second-order valence-corrected chi connectivity index (χ2v) is 7.81. The highest BCUT2D eigenvalue weighted by atomic mass is 32.1. The highest BCUT2D eigenvalue weighted by Gasteiger charge is 2.31. The van der Waals surface area contributed by atoms with Gasteiger partial charge < -0.3 is 5.32 Å². The Morgan fingerprint density at radius 2 is 1.89 bits per heavy atom. The van der Waals surface area contributed by atoms with E-state index in [0.29, 0.717) is 5.41 Å². The van der Waals surface area contributed by atoms with Crippen LogP contribution in [-0.2, 0) is 6.42 Å². The predicted octanol–water partition coefficient (Wildman–Crippen LogP) is 4.86. The van der Waals surface area contributed by atoms with Gasteiger partial charge in [-0.1, -0.05) is 19.3 Å². The van der Waals surface area contributed by atoms with Crippen molar-refractivity contribution in [3.05, 3.63) is 21.4 Å². The van der Waals surface area contributed by atoms with Crippen LogP contribution in [0.1, 0.15) is 60.3 Å². The second-order valence-electron chi connectivity index (χ2n) is 6.35. The van der Waals surface area contributed by atoms with E-state index in [1.54, 1.807) is 5.56 Å². The van der Waals surface area contributed by atoms with Crippen LogP contribution in [0.4, 0.5) is 0 Å². The van der Waals surface area contributed by atoms with Crippen LogP contribution in [0.2, 0.25) is 0 Å². The number of thiophene rings is 1. The number of nitrogens with one attached hydrogen (secondary N) is 1. The van der Waals surface area contributed by atoms with Crippen LogP contribution in [0.25, 0.3) is 0 Å². The minimum atomic E-state index is 0.629. The third-order valence-corrected chi connectivity index (χ3v) is 5.90. The van der Waals surface area contributed by atoms with Gasteiger partial charge in [-0.3, -0.25) is 0 Å². The van der Waals surface area contributed by atoms with Gasteiger partial charge in [0.1, 0.15) is 0 Å². The number of rotatable bonds is 6. The van der Waals surface area contributed by atoms with E-state index < -0.39 is 0 Å². The molecule has 1 nitrogen and oxygen atoms in total. The van der Waals surface area contributed by atoms with Crippen molar-refractivity contribution in [2.24, 2.45) is 5.41 Å². The van der Waals surface area contributed by atoms with Gasteiger partial charge in [-0.05, 0) is 76.6 Å². The predicted molar refractivity (Wildman–Crippen MR) is 86.2 cm³/mol. The van der Waals surface area contributed by atoms with Gasteiger partial charge in [-0.2, -0.15) is 0 Å². The zero-order valence-electron chi connectivity index (χ0n) is 12.8. The van der Waals surface area contributed by atoms with Crippen LogP contribution < -0.4 is 5.32 Å². The maximum atomic E-state index is 3.36. The van der Waals surface area contributed by atoms with Gasteiger partial charge in [0.15, 0.2) is 0 Å². The summed E-state index contributed by atoms with van der Waals surface area (Å²) in [6.07, 6.45) is 11.3. The fourth-order valence-corrected chi connectivity index (χ4v) is 4.62. The van der Waals surface area contributed by atoms with Crippen LogP contribution in [0.3, 0.4) is 0 Å². The summed E-state index contributed by atoms with van der Waals surface area (Å²) in [5, 5.41) is 3.36. The molecule has 1 heterocycles. The average molecular weight is 279 g/mol. The molecular weight excluding hydrogens is 250 g/mol. The molecule has 1 aromatic rings. The molecule has 0 unspecified atom stereocenters. The summed E-state index contributed by atoms with van der Waals surface area (Å²) in [6.45, 7) is 5.70. The first-order chi connectivity index (χ1) is 9.15. The van der Waals surface area contributed by atoms with E-state index >= 15 is 0 Å². The van der Waals surface area contributed by atoms with E-state index in [-0.39, 0.29) is 0 Å². The monoisotopic (exact) mass is 279 g/mol. The smallest absolute Gasteiger partial charge is 0.00490 e. The lowest BCUT2D eigenvalue weighted by Gasteiger charge is -2.38. The molecule has 1 aliphatic rings. The maximum Gasteiger partial charge on any atom is 0.00490 e. The zero-order valence-corrected chi connectivity index (χ0v) is 13.7. The fourth-order valence-electron chi connectivity index (χ4n) is 3.65. The van der Waals surface area contributed by atoms with Gasteiger partial charge in [-0.25, -0.2) is 0 Å². The molecule has 0 atom stereocenters. The van der Waals surface area contributed by atoms with Crippen molar-refractivity contribution in [2.45, 2.75) is 65.2 Å². The maximum absolute atomic E-state index is 3.36. The van der Waals surface area contributed by atoms with Crippen LogP contribution >= 0.6 is 11.3 Å². The molecule has 1 aromatic heterocycles.